The molecular formula is C22H22N4O2. The van der Waals surface area contributed by atoms with E-state index >= 15 is 0 Å². The fraction of sp³-hybridized carbons (Fsp3) is 0.182. The zero-order valence-electron chi connectivity index (χ0n) is 16.3. The largest absolute Gasteiger partial charge is 0.496 e. The number of ether oxygens (including phenoxy) is 1. The quantitative estimate of drug-likeness (QED) is 0.570. The topological polar surface area (TPSA) is 96.2 Å². The Morgan fingerprint density at radius 1 is 1.11 bits per heavy atom. The Balaban J connectivity index is 2.30. The first-order chi connectivity index (χ1) is 13.4. The van der Waals surface area contributed by atoms with Crippen molar-refractivity contribution < 1.29 is 9.53 Å². The molecule has 2 heterocycles. The van der Waals surface area contributed by atoms with Gasteiger partial charge in [-0.25, -0.2) is 0 Å². The molecule has 0 saturated heterocycles. The molecule has 0 unspecified atom stereocenters. The van der Waals surface area contributed by atoms with Gasteiger partial charge in [0.25, 0.3) is 5.91 Å². The maximum atomic E-state index is 12.3. The molecule has 1 amide bonds. The van der Waals surface area contributed by atoms with Crippen LogP contribution in [0, 0.1) is 20.8 Å². The van der Waals surface area contributed by atoms with Gasteiger partial charge in [-0.1, -0.05) is 12.1 Å². The zero-order valence-corrected chi connectivity index (χ0v) is 16.3. The van der Waals surface area contributed by atoms with Gasteiger partial charge in [-0.3, -0.25) is 14.3 Å². The summed E-state index contributed by atoms with van der Waals surface area (Å²) in [6.07, 6.45) is 1.74. The minimum atomic E-state index is -0.561. The number of hydrogen-bond donors (Lipinski definition) is 2. The first-order valence-electron chi connectivity index (χ1n) is 8.99. The highest BCUT2D eigenvalue weighted by Gasteiger charge is 2.25. The second kappa shape index (κ2) is 6.27. The number of benzene rings is 2. The average Bonchev–Trinajstić information content (AvgIpc) is 2.94. The van der Waals surface area contributed by atoms with Crippen LogP contribution in [0.25, 0.3) is 27.5 Å². The van der Waals surface area contributed by atoms with E-state index < -0.39 is 5.91 Å². The van der Waals surface area contributed by atoms with Crippen molar-refractivity contribution >= 4 is 33.5 Å². The third kappa shape index (κ3) is 2.34. The molecule has 0 aliphatic carbocycles. The first kappa shape index (κ1) is 17.9. The summed E-state index contributed by atoms with van der Waals surface area (Å²) in [7, 11) is 1.63. The summed E-state index contributed by atoms with van der Waals surface area (Å²) in [4.78, 5) is 16.9. The normalized spacial score (nSPS) is 11.3. The third-order valence-corrected chi connectivity index (χ3v) is 5.34. The summed E-state index contributed by atoms with van der Waals surface area (Å²) in [6, 6.07) is 9.76. The maximum absolute atomic E-state index is 12.3. The number of primary amides is 1. The van der Waals surface area contributed by atoms with Gasteiger partial charge in [0.2, 0.25) is 0 Å². The van der Waals surface area contributed by atoms with E-state index in [4.69, 9.17) is 16.2 Å². The number of carbonyl (C=O) groups is 1. The number of amides is 1. The van der Waals surface area contributed by atoms with Crippen molar-refractivity contribution in [3.63, 3.8) is 0 Å². The number of fused-ring (bicyclic) bond motifs is 3. The van der Waals surface area contributed by atoms with E-state index in [0.29, 0.717) is 16.8 Å². The van der Waals surface area contributed by atoms with E-state index in [0.717, 1.165) is 44.5 Å². The summed E-state index contributed by atoms with van der Waals surface area (Å²) >= 11 is 0. The highest BCUT2D eigenvalue weighted by atomic mass is 16.5. The predicted molar refractivity (Wildman–Crippen MR) is 112 cm³/mol. The summed E-state index contributed by atoms with van der Waals surface area (Å²) in [5, 5.41) is 1.71. The minimum absolute atomic E-state index is 0.305. The molecule has 2 aromatic carbocycles. The molecule has 4 N–H and O–H groups in total. The fourth-order valence-corrected chi connectivity index (χ4v) is 4.06. The van der Waals surface area contributed by atoms with Gasteiger partial charge >= 0.3 is 0 Å². The molecule has 2 aromatic heterocycles. The number of aryl methyl sites for hydroxylation is 2. The van der Waals surface area contributed by atoms with Crippen LogP contribution in [0.4, 0.5) is 5.82 Å². The van der Waals surface area contributed by atoms with Crippen LogP contribution in [0.3, 0.4) is 0 Å². The van der Waals surface area contributed by atoms with Crippen LogP contribution in [-0.4, -0.2) is 22.6 Å². The molecule has 0 aliphatic rings. The lowest BCUT2D eigenvalue weighted by Crippen LogP contribution is -2.14. The number of nitrogens with two attached hydrogens (primary N) is 2. The van der Waals surface area contributed by atoms with E-state index in [2.05, 4.69) is 4.98 Å². The third-order valence-electron chi connectivity index (χ3n) is 5.34. The molecule has 6 heteroatoms. The van der Waals surface area contributed by atoms with Crippen molar-refractivity contribution in [2.75, 3.05) is 12.8 Å². The number of rotatable bonds is 3. The number of nitrogen functional groups attached to an aromatic ring is 1. The lowest BCUT2D eigenvalue weighted by molar-refractivity contribution is 0.100. The Labute approximate surface area is 162 Å². The highest BCUT2D eigenvalue weighted by Crippen LogP contribution is 2.39. The molecule has 4 rings (SSSR count). The van der Waals surface area contributed by atoms with Crippen LogP contribution in [0.2, 0.25) is 0 Å². The van der Waals surface area contributed by atoms with Crippen molar-refractivity contribution in [2.24, 2.45) is 5.73 Å². The van der Waals surface area contributed by atoms with Crippen LogP contribution in [0.15, 0.2) is 36.5 Å². The van der Waals surface area contributed by atoms with Crippen molar-refractivity contribution in [3.05, 3.63) is 58.8 Å². The number of hydrogen-bond acceptors (Lipinski definition) is 4. The van der Waals surface area contributed by atoms with Gasteiger partial charge in [0.15, 0.2) is 0 Å². The van der Waals surface area contributed by atoms with Crippen LogP contribution >= 0.6 is 0 Å². The molecule has 142 valence electrons. The number of carbonyl (C=O) groups excluding carboxylic acids is 1. The number of methoxy groups -OCH3 is 1. The summed E-state index contributed by atoms with van der Waals surface area (Å²) < 4.78 is 7.40. The Bertz CT molecular complexity index is 1270. The standard InChI is InChI=1S/C22H22N4O2/c1-11-7-8-16(28-4)13(3)19(11)26-20-15(17(21(26)23)22(24)27)10-12(2)14-6-5-9-25-18(14)20/h5-10H,23H2,1-4H3,(H2,24,27). The summed E-state index contributed by atoms with van der Waals surface area (Å²) in [5.74, 6) is 0.487. The minimum Gasteiger partial charge on any atom is -0.496 e. The molecule has 0 spiro atoms. The van der Waals surface area contributed by atoms with E-state index in [9.17, 15) is 4.79 Å². The van der Waals surface area contributed by atoms with E-state index in [1.807, 2.05) is 55.7 Å². The molecule has 0 aliphatic heterocycles. The molecule has 0 bridgehead atoms. The number of nitrogens with zero attached hydrogens (tertiary/aromatic N) is 2. The Morgan fingerprint density at radius 2 is 1.86 bits per heavy atom. The van der Waals surface area contributed by atoms with Gasteiger partial charge in [-0.05, 0) is 50.1 Å². The maximum Gasteiger partial charge on any atom is 0.253 e. The SMILES string of the molecule is COc1ccc(C)c(-n2c(N)c(C(N)=O)c3cc(C)c4cccnc4c32)c1C. The van der Waals surface area contributed by atoms with Crippen molar-refractivity contribution in [1.29, 1.82) is 0 Å². The van der Waals surface area contributed by atoms with Crippen LogP contribution in [0.5, 0.6) is 5.75 Å². The van der Waals surface area contributed by atoms with Gasteiger partial charge in [-0.2, -0.15) is 0 Å². The van der Waals surface area contributed by atoms with E-state index in [1.165, 1.54) is 0 Å². The van der Waals surface area contributed by atoms with Gasteiger partial charge < -0.3 is 16.2 Å². The van der Waals surface area contributed by atoms with Crippen LogP contribution in [-0.2, 0) is 0 Å². The Kier molecular flexibility index (Phi) is 4.00. The monoisotopic (exact) mass is 374 g/mol. The molecular weight excluding hydrogens is 352 g/mol. The number of aromatic nitrogens is 2. The van der Waals surface area contributed by atoms with E-state index in [-0.39, 0.29) is 0 Å². The second-order valence-electron chi connectivity index (χ2n) is 7.01. The smallest absolute Gasteiger partial charge is 0.253 e. The molecule has 0 radical (unpaired) electrons. The summed E-state index contributed by atoms with van der Waals surface area (Å²) in [6.45, 7) is 5.96. The van der Waals surface area contributed by atoms with E-state index in [1.54, 1.807) is 13.3 Å². The van der Waals surface area contributed by atoms with Gasteiger partial charge in [-0.15, -0.1) is 0 Å². The lowest BCUT2D eigenvalue weighted by atomic mass is 10.0. The van der Waals surface area contributed by atoms with Crippen molar-refractivity contribution in [1.82, 2.24) is 9.55 Å². The van der Waals surface area contributed by atoms with Gasteiger partial charge in [0.05, 0.1) is 29.4 Å². The number of anilines is 1. The second-order valence-corrected chi connectivity index (χ2v) is 7.01. The average molecular weight is 374 g/mol. The molecule has 6 nitrogen and oxygen atoms in total. The van der Waals surface area contributed by atoms with Crippen LogP contribution < -0.4 is 16.2 Å². The molecule has 28 heavy (non-hydrogen) atoms. The molecule has 0 atom stereocenters. The summed E-state index contributed by atoms with van der Waals surface area (Å²) in [5.41, 5.74) is 17.9. The van der Waals surface area contributed by atoms with Crippen molar-refractivity contribution in [3.8, 4) is 11.4 Å². The lowest BCUT2D eigenvalue weighted by Gasteiger charge is -2.18. The van der Waals surface area contributed by atoms with Crippen LogP contribution in [0.1, 0.15) is 27.0 Å². The molecule has 4 aromatic rings. The van der Waals surface area contributed by atoms with Gasteiger partial charge in [0.1, 0.15) is 11.6 Å². The zero-order chi connectivity index (χ0) is 20.2. The highest BCUT2D eigenvalue weighted by molar-refractivity contribution is 6.18. The predicted octanol–water partition coefficient (Wildman–Crippen LogP) is 3.79. The molecule has 0 saturated carbocycles. The Morgan fingerprint density at radius 3 is 2.54 bits per heavy atom. The van der Waals surface area contributed by atoms with Crippen molar-refractivity contribution in [2.45, 2.75) is 20.8 Å². The first-order valence-corrected chi connectivity index (χ1v) is 8.99. The molecule has 0 fully saturated rings. The Hall–Kier alpha value is -3.54. The fourth-order valence-electron chi connectivity index (χ4n) is 4.06. The number of pyridine rings is 1. The van der Waals surface area contributed by atoms with Gasteiger partial charge in [0, 0.05) is 22.5 Å².